The molecule has 1 aromatic rings. The van der Waals surface area contributed by atoms with Gasteiger partial charge >= 0.3 is 0 Å². The van der Waals surface area contributed by atoms with Gasteiger partial charge in [0.1, 0.15) is 0 Å². The maximum atomic E-state index is 3.81. The normalized spacial score (nSPS) is 23.6. The van der Waals surface area contributed by atoms with Crippen molar-refractivity contribution < 1.29 is 0 Å². The lowest BCUT2D eigenvalue weighted by molar-refractivity contribution is 0.429. The molecule has 1 heteroatoms. The van der Waals surface area contributed by atoms with E-state index in [1.54, 1.807) is 0 Å². The van der Waals surface area contributed by atoms with Crippen molar-refractivity contribution >= 4 is 0 Å². The van der Waals surface area contributed by atoms with Gasteiger partial charge in [-0.15, -0.1) is 6.58 Å². The summed E-state index contributed by atoms with van der Waals surface area (Å²) in [6.07, 6.45) is 7.08. The van der Waals surface area contributed by atoms with E-state index in [2.05, 4.69) is 49.2 Å². The summed E-state index contributed by atoms with van der Waals surface area (Å²) < 4.78 is 0. The number of hydrogen-bond donors (Lipinski definition) is 1. The number of allylic oxidation sites excluding steroid dienone is 1. The fourth-order valence-electron chi connectivity index (χ4n) is 2.95. The average molecular weight is 243 g/mol. The van der Waals surface area contributed by atoms with Crippen LogP contribution in [0.4, 0.5) is 0 Å². The second-order valence-electron chi connectivity index (χ2n) is 5.30. The van der Waals surface area contributed by atoms with Gasteiger partial charge < -0.3 is 5.32 Å². The van der Waals surface area contributed by atoms with Crippen molar-refractivity contribution in [3.8, 4) is 0 Å². The van der Waals surface area contributed by atoms with Gasteiger partial charge in [-0.25, -0.2) is 0 Å². The third-order valence-electron chi connectivity index (χ3n) is 3.97. The summed E-state index contributed by atoms with van der Waals surface area (Å²) in [5.74, 6) is 1.64. The Labute approximate surface area is 111 Å². The Kier molecular flexibility index (Phi) is 5.00. The third kappa shape index (κ3) is 3.46. The maximum Gasteiger partial charge on any atom is 0.0101 e. The molecule has 3 atom stereocenters. The van der Waals surface area contributed by atoms with Gasteiger partial charge in [-0.3, -0.25) is 0 Å². The Morgan fingerprint density at radius 3 is 2.83 bits per heavy atom. The highest BCUT2D eigenvalue weighted by molar-refractivity contribution is 5.26. The number of unbranched alkanes of at least 4 members (excludes halogenated alkanes) is 1. The third-order valence-corrected chi connectivity index (χ3v) is 3.97. The summed E-state index contributed by atoms with van der Waals surface area (Å²) >= 11 is 0. The van der Waals surface area contributed by atoms with Crippen molar-refractivity contribution in [3.63, 3.8) is 0 Å². The Hall–Kier alpha value is -1.08. The number of nitrogens with one attached hydrogen (secondary N) is 1. The van der Waals surface area contributed by atoms with Crippen molar-refractivity contribution in [1.82, 2.24) is 5.32 Å². The lowest BCUT2D eigenvalue weighted by Crippen LogP contribution is -2.31. The highest BCUT2D eigenvalue weighted by Gasteiger charge is 2.42. The van der Waals surface area contributed by atoms with Crippen LogP contribution in [-0.2, 0) is 0 Å². The van der Waals surface area contributed by atoms with E-state index in [1.165, 1.54) is 24.8 Å². The molecule has 0 aliphatic heterocycles. The van der Waals surface area contributed by atoms with Gasteiger partial charge in [0.25, 0.3) is 0 Å². The van der Waals surface area contributed by atoms with E-state index in [-0.39, 0.29) is 0 Å². The van der Waals surface area contributed by atoms with Crippen molar-refractivity contribution in [2.24, 2.45) is 5.92 Å². The molecule has 18 heavy (non-hydrogen) atoms. The second-order valence-corrected chi connectivity index (χ2v) is 5.30. The molecule has 0 amide bonds. The number of benzene rings is 1. The van der Waals surface area contributed by atoms with E-state index in [1.807, 2.05) is 6.08 Å². The van der Waals surface area contributed by atoms with Crippen LogP contribution in [0.3, 0.4) is 0 Å². The van der Waals surface area contributed by atoms with Crippen molar-refractivity contribution in [2.75, 3.05) is 6.54 Å². The molecule has 1 saturated carbocycles. The predicted octanol–water partition coefficient (Wildman–Crippen LogP) is 4.12. The quantitative estimate of drug-likeness (QED) is 0.535. The summed E-state index contributed by atoms with van der Waals surface area (Å²) in [5.41, 5.74) is 1.52. The minimum atomic E-state index is 0.695. The molecule has 1 N–H and O–H groups in total. The zero-order valence-corrected chi connectivity index (χ0v) is 11.4. The van der Waals surface area contributed by atoms with Crippen molar-refractivity contribution in [1.29, 1.82) is 0 Å². The van der Waals surface area contributed by atoms with Crippen LogP contribution in [0.5, 0.6) is 0 Å². The summed E-state index contributed by atoms with van der Waals surface area (Å²) in [6, 6.07) is 11.7. The first-order valence-corrected chi connectivity index (χ1v) is 7.26. The van der Waals surface area contributed by atoms with Gasteiger partial charge in [-0.05, 0) is 49.6 Å². The molecule has 98 valence electrons. The minimum absolute atomic E-state index is 0.695. The molecule has 0 heterocycles. The predicted molar refractivity (Wildman–Crippen MR) is 78.8 cm³/mol. The van der Waals surface area contributed by atoms with E-state index in [0.717, 1.165) is 24.8 Å². The first kappa shape index (κ1) is 13.4. The highest BCUT2D eigenvalue weighted by Crippen LogP contribution is 2.50. The van der Waals surface area contributed by atoms with Gasteiger partial charge in [-0.2, -0.15) is 0 Å². The zero-order chi connectivity index (χ0) is 12.8. The Morgan fingerprint density at radius 1 is 1.39 bits per heavy atom. The summed E-state index contributed by atoms with van der Waals surface area (Å²) in [5, 5.41) is 3.67. The van der Waals surface area contributed by atoms with Crippen LogP contribution in [0.1, 0.15) is 44.1 Å². The lowest BCUT2D eigenvalue weighted by Gasteiger charge is -2.17. The van der Waals surface area contributed by atoms with Crippen molar-refractivity contribution in [3.05, 3.63) is 48.6 Å². The highest BCUT2D eigenvalue weighted by atomic mass is 14.9. The van der Waals surface area contributed by atoms with Crippen LogP contribution in [-0.4, -0.2) is 12.6 Å². The van der Waals surface area contributed by atoms with Crippen LogP contribution < -0.4 is 5.32 Å². The molecule has 2 rings (SSSR count). The summed E-state index contributed by atoms with van der Waals surface area (Å²) in [4.78, 5) is 0. The molecule has 0 radical (unpaired) electrons. The topological polar surface area (TPSA) is 12.0 Å². The molecule has 0 saturated heterocycles. The summed E-state index contributed by atoms with van der Waals surface area (Å²) in [7, 11) is 0. The van der Waals surface area contributed by atoms with Crippen molar-refractivity contribution in [2.45, 2.75) is 44.6 Å². The second kappa shape index (κ2) is 6.75. The van der Waals surface area contributed by atoms with Gasteiger partial charge in [0.15, 0.2) is 0 Å². The van der Waals surface area contributed by atoms with E-state index in [0.29, 0.717) is 6.04 Å². The Bertz CT molecular complexity index is 357. The smallest absolute Gasteiger partial charge is 0.0101 e. The molecule has 0 spiro atoms. The lowest BCUT2D eigenvalue weighted by atomic mass is 10.0. The molecule has 1 fully saturated rings. The SMILES string of the molecule is C=CCCCC(NCC)C1CC1c1ccccc1. The maximum absolute atomic E-state index is 3.81. The molecule has 1 aliphatic carbocycles. The number of hydrogen-bond acceptors (Lipinski definition) is 1. The first-order chi connectivity index (χ1) is 8.86. The molecular formula is C17H25N. The largest absolute Gasteiger partial charge is 0.314 e. The standard InChI is InChI=1S/C17H25N/c1-3-5-7-12-17(18-4-2)16-13-15(16)14-10-8-6-9-11-14/h3,6,8-11,15-18H,1,4-5,7,12-13H2,2H3. The average Bonchev–Trinajstić information content (AvgIpc) is 3.19. The molecule has 0 aromatic heterocycles. The Balaban J connectivity index is 1.87. The molecule has 1 aliphatic rings. The van der Waals surface area contributed by atoms with Gasteiger partial charge in [0, 0.05) is 6.04 Å². The van der Waals surface area contributed by atoms with Crippen LogP contribution in [0.2, 0.25) is 0 Å². The van der Waals surface area contributed by atoms with Crippen LogP contribution in [0.15, 0.2) is 43.0 Å². The van der Waals surface area contributed by atoms with Crippen LogP contribution in [0, 0.1) is 5.92 Å². The van der Waals surface area contributed by atoms with Crippen LogP contribution in [0.25, 0.3) is 0 Å². The summed E-state index contributed by atoms with van der Waals surface area (Å²) in [6.45, 7) is 7.09. The monoisotopic (exact) mass is 243 g/mol. The fourth-order valence-corrected chi connectivity index (χ4v) is 2.95. The molecule has 1 nitrogen and oxygen atoms in total. The van der Waals surface area contributed by atoms with Gasteiger partial charge in [0.05, 0.1) is 0 Å². The van der Waals surface area contributed by atoms with Gasteiger partial charge in [0.2, 0.25) is 0 Å². The van der Waals surface area contributed by atoms with Crippen LogP contribution >= 0.6 is 0 Å². The van der Waals surface area contributed by atoms with Gasteiger partial charge in [-0.1, -0.05) is 43.3 Å². The molecule has 3 unspecified atom stereocenters. The zero-order valence-electron chi connectivity index (χ0n) is 11.4. The minimum Gasteiger partial charge on any atom is -0.314 e. The molecule has 1 aromatic carbocycles. The van der Waals surface area contributed by atoms with E-state index in [4.69, 9.17) is 0 Å². The molecule has 0 bridgehead atoms. The number of rotatable bonds is 8. The Morgan fingerprint density at radius 2 is 2.17 bits per heavy atom. The van der Waals surface area contributed by atoms with E-state index in [9.17, 15) is 0 Å². The van der Waals surface area contributed by atoms with E-state index >= 15 is 0 Å². The van der Waals surface area contributed by atoms with E-state index < -0.39 is 0 Å². The first-order valence-electron chi connectivity index (χ1n) is 7.26. The fraction of sp³-hybridized carbons (Fsp3) is 0.529. The molecular weight excluding hydrogens is 218 g/mol.